The second-order valence-electron chi connectivity index (χ2n) is 6.65. The van der Waals surface area contributed by atoms with Crippen molar-refractivity contribution >= 4 is 22.6 Å². The smallest absolute Gasteiger partial charge is 0.291 e. The SMILES string of the molecule is Oc1ccc(Oc2cc3cc(OCc4ccccc4-n4cnnn4)ccc3o2)cc1Cl. The van der Waals surface area contributed by atoms with Gasteiger partial charge in [0.1, 0.15) is 35.8 Å². The summed E-state index contributed by atoms with van der Waals surface area (Å²) in [5, 5.41) is 21.9. The van der Waals surface area contributed by atoms with Gasteiger partial charge in [0.2, 0.25) is 0 Å². The van der Waals surface area contributed by atoms with Gasteiger partial charge in [0.05, 0.1) is 10.7 Å². The summed E-state index contributed by atoms with van der Waals surface area (Å²) in [7, 11) is 0. The first-order chi connectivity index (χ1) is 15.2. The summed E-state index contributed by atoms with van der Waals surface area (Å²) in [5.41, 5.74) is 2.44. The number of rotatable bonds is 6. The van der Waals surface area contributed by atoms with E-state index in [9.17, 15) is 5.11 Å². The molecular weight excluding hydrogens is 420 g/mol. The summed E-state index contributed by atoms with van der Waals surface area (Å²) >= 11 is 5.92. The number of phenolic OH excluding ortho intramolecular Hbond substituents is 1. The van der Waals surface area contributed by atoms with Crippen LogP contribution in [-0.4, -0.2) is 25.3 Å². The van der Waals surface area contributed by atoms with Gasteiger partial charge in [-0.3, -0.25) is 0 Å². The topological polar surface area (TPSA) is 95.4 Å². The van der Waals surface area contributed by atoms with Crippen LogP contribution in [0.25, 0.3) is 16.7 Å². The molecule has 0 saturated heterocycles. The van der Waals surface area contributed by atoms with E-state index in [1.54, 1.807) is 23.1 Å². The Morgan fingerprint density at radius 2 is 1.87 bits per heavy atom. The summed E-state index contributed by atoms with van der Waals surface area (Å²) in [5.74, 6) is 1.43. The summed E-state index contributed by atoms with van der Waals surface area (Å²) in [6.07, 6.45) is 1.54. The van der Waals surface area contributed by atoms with Crippen molar-refractivity contribution in [2.75, 3.05) is 0 Å². The minimum absolute atomic E-state index is 0.0120. The van der Waals surface area contributed by atoms with Crippen LogP contribution < -0.4 is 9.47 Å². The highest BCUT2D eigenvalue weighted by Gasteiger charge is 2.10. The molecule has 0 bridgehead atoms. The Morgan fingerprint density at radius 1 is 1.00 bits per heavy atom. The molecule has 0 radical (unpaired) electrons. The van der Waals surface area contributed by atoms with E-state index in [1.807, 2.05) is 42.5 Å². The quantitative estimate of drug-likeness (QED) is 0.395. The molecule has 0 aliphatic heterocycles. The number of nitrogens with zero attached hydrogens (tertiary/aromatic N) is 4. The third kappa shape index (κ3) is 4.01. The predicted octanol–water partition coefficient (Wildman–Crippen LogP) is 5.14. The van der Waals surface area contributed by atoms with Crippen molar-refractivity contribution in [1.82, 2.24) is 20.2 Å². The van der Waals surface area contributed by atoms with Gasteiger partial charge in [-0.25, -0.2) is 4.68 Å². The van der Waals surface area contributed by atoms with Crippen LogP contribution in [0.5, 0.6) is 23.2 Å². The van der Waals surface area contributed by atoms with Crippen LogP contribution in [0.2, 0.25) is 5.02 Å². The Hall–Kier alpha value is -4.04. The molecule has 0 atom stereocenters. The number of aromatic hydroxyl groups is 1. The van der Waals surface area contributed by atoms with E-state index in [4.69, 9.17) is 25.5 Å². The molecule has 5 aromatic rings. The van der Waals surface area contributed by atoms with Crippen LogP contribution in [0, 0.1) is 0 Å². The van der Waals surface area contributed by atoms with Gasteiger partial charge in [0.15, 0.2) is 0 Å². The van der Waals surface area contributed by atoms with Crippen molar-refractivity contribution in [3.63, 3.8) is 0 Å². The third-order valence-electron chi connectivity index (χ3n) is 4.58. The van der Waals surface area contributed by atoms with E-state index < -0.39 is 0 Å². The number of aromatic nitrogens is 4. The van der Waals surface area contributed by atoms with Gasteiger partial charge in [-0.15, -0.1) is 5.10 Å². The van der Waals surface area contributed by atoms with Gasteiger partial charge in [0.25, 0.3) is 5.95 Å². The summed E-state index contributed by atoms with van der Waals surface area (Å²) in [4.78, 5) is 0. The van der Waals surface area contributed by atoms with Crippen molar-refractivity contribution in [1.29, 1.82) is 0 Å². The maximum absolute atomic E-state index is 9.52. The highest BCUT2D eigenvalue weighted by molar-refractivity contribution is 6.32. The zero-order valence-corrected chi connectivity index (χ0v) is 16.7. The van der Waals surface area contributed by atoms with Crippen LogP contribution in [0.3, 0.4) is 0 Å². The van der Waals surface area contributed by atoms with E-state index in [0.717, 1.165) is 16.6 Å². The van der Waals surface area contributed by atoms with Crippen LogP contribution in [0.1, 0.15) is 5.56 Å². The Morgan fingerprint density at radius 3 is 2.71 bits per heavy atom. The van der Waals surface area contributed by atoms with E-state index in [-0.39, 0.29) is 10.8 Å². The summed E-state index contributed by atoms with van der Waals surface area (Å²) in [6, 6.07) is 19.6. The number of hydrogen-bond acceptors (Lipinski definition) is 7. The molecule has 31 heavy (non-hydrogen) atoms. The van der Waals surface area contributed by atoms with E-state index in [0.29, 0.717) is 29.6 Å². The molecule has 0 saturated carbocycles. The number of tetrazole rings is 1. The zero-order chi connectivity index (χ0) is 21.2. The number of fused-ring (bicyclic) bond motifs is 1. The van der Waals surface area contributed by atoms with Crippen molar-refractivity contribution in [2.45, 2.75) is 6.61 Å². The highest BCUT2D eigenvalue weighted by Crippen LogP contribution is 2.34. The standard InChI is InChI=1S/C22H15ClN4O4/c23-18-11-17(5-7-20(18)28)30-22-10-15-9-16(6-8-21(15)31-22)29-12-14-3-1-2-4-19(14)27-13-24-25-26-27/h1-11,13,28H,12H2. The Bertz CT molecular complexity index is 1350. The van der Waals surface area contributed by atoms with Crippen molar-refractivity contribution in [2.24, 2.45) is 0 Å². The molecule has 0 unspecified atom stereocenters. The molecule has 0 amide bonds. The number of furan rings is 1. The molecule has 3 aromatic carbocycles. The number of benzene rings is 3. The first-order valence-corrected chi connectivity index (χ1v) is 9.67. The molecule has 5 rings (SSSR count). The number of hydrogen-bond donors (Lipinski definition) is 1. The minimum atomic E-state index is -0.0120. The average molecular weight is 435 g/mol. The largest absolute Gasteiger partial charge is 0.506 e. The average Bonchev–Trinajstić information content (AvgIpc) is 3.44. The van der Waals surface area contributed by atoms with Gasteiger partial charge in [-0.2, -0.15) is 0 Å². The third-order valence-corrected chi connectivity index (χ3v) is 4.89. The van der Waals surface area contributed by atoms with E-state index in [2.05, 4.69) is 15.5 Å². The van der Waals surface area contributed by atoms with Gasteiger partial charge in [0, 0.05) is 23.1 Å². The van der Waals surface area contributed by atoms with Gasteiger partial charge in [-0.05, 0) is 46.8 Å². The van der Waals surface area contributed by atoms with Gasteiger partial charge >= 0.3 is 0 Å². The van der Waals surface area contributed by atoms with Crippen LogP contribution in [0.15, 0.2) is 77.5 Å². The molecule has 0 spiro atoms. The molecule has 0 aliphatic rings. The van der Waals surface area contributed by atoms with E-state index in [1.165, 1.54) is 12.1 Å². The lowest BCUT2D eigenvalue weighted by molar-refractivity contribution is 0.306. The molecule has 2 heterocycles. The number of ether oxygens (including phenoxy) is 2. The Kier molecular flexibility index (Phi) is 4.89. The maximum atomic E-state index is 9.52. The van der Waals surface area contributed by atoms with Gasteiger partial charge < -0.3 is 19.0 Å². The molecular formula is C22H15ClN4O4. The maximum Gasteiger partial charge on any atom is 0.291 e. The summed E-state index contributed by atoms with van der Waals surface area (Å²) in [6.45, 7) is 0.342. The van der Waals surface area contributed by atoms with Crippen LogP contribution in [-0.2, 0) is 6.61 Å². The lowest BCUT2D eigenvalue weighted by atomic mass is 10.2. The molecule has 9 heteroatoms. The van der Waals surface area contributed by atoms with Crippen LogP contribution in [0.4, 0.5) is 0 Å². The normalized spacial score (nSPS) is 11.0. The number of halogens is 1. The molecule has 154 valence electrons. The summed E-state index contributed by atoms with van der Waals surface area (Å²) < 4.78 is 19.0. The predicted molar refractivity (Wildman–Crippen MR) is 113 cm³/mol. The van der Waals surface area contributed by atoms with Crippen LogP contribution >= 0.6 is 11.6 Å². The Balaban J connectivity index is 1.33. The molecule has 1 N–H and O–H groups in total. The number of phenols is 1. The fraction of sp³-hybridized carbons (Fsp3) is 0.0455. The monoisotopic (exact) mass is 434 g/mol. The van der Waals surface area contributed by atoms with Gasteiger partial charge in [-0.1, -0.05) is 29.8 Å². The van der Waals surface area contributed by atoms with Crippen molar-refractivity contribution in [3.8, 4) is 28.9 Å². The molecule has 2 aromatic heterocycles. The molecule has 0 fully saturated rings. The highest BCUT2D eigenvalue weighted by atomic mass is 35.5. The van der Waals surface area contributed by atoms with Crippen molar-refractivity contribution in [3.05, 3.63) is 83.6 Å². The first-order valence-electron chi connectivity index (χ1n) is 9.30. The van der Waals surface area contributed by atoms with Crippen molar-refractivity contribution < 1.29 is 19.0 Å². The molecule has 0 aliphatic carbocycles. The lowest BCUT2D eigenvalue weighted by Gasteiger charge is -2.10. The zero-order valence-electron chi connectivity index (χ0n) is 16.0. The minimum Gasteiger partial charge on any atom is -0.506 e. The first kappa shape index (κ1) is 19.0. The Labute approximate surface area is 181 Å². The fourth-order valence-electron chi connectivity index (χ4n) is 3.09. The lowest BCUT2D eigenvalue weighted by Crippen LogP contribution is -2.04. The molecule has 8 nitrogen and oxygen atoms in total. The second-order valence-corrected chi connectivity index (χ2v) is 7.06. The second kappa shape index (κ2) is 8.00. The number of para-hydroxylation sites is 1. The van der Waals surface area contributed by atoms with E-state index >= 15 is 0 Å². The fourth-order valence-corrected chi connectivity index (χ4v) is 3.26.